The van der Waals surface area contributed by atoms with Gasteiger partial charge in [0.1, 0.15) is 18.0 Å². The Morgan fingerprint density at radius 3 is 2.77 bits per heavy atom. The van der Waals surface area contributed by atoms with Crippen molar-refractivity contribution in [3.8, 4) is 0 Å². The highest BCUT2D eigenvalue weighted by Gasteiger charge is 2.27. The number of alkyl halides is 3. The second-order valence-corrected chi connectivity index (χ2v) is 5.80. The molecule has 1 aromatic carbocycles. The number of aromatic nitrogens is 5. The van der Waals surface area contributed by atoms with Crippen LogP contribution in [0.25, 0.3) is 21.9 Å². The molecule has 0 spiro atoms. The SMILES string of the molecule is Cc1n[nH]c2cc(Nc3nc(NCC(F)(F)F)c4cc[nH]c4n3)ccc12. The van der Waals surface area contributed by atoms with E-state index in [1.165, 1.54) is 0 Å². The summed E-state index contributed by atoms with van der Waals surface area (Å²) in [5, 5.41) is 13.9. The Labute approximate surface area is 145 Å². The quantitative estimate of drug-likeness (QED) is 0.443. The number of benzene rings is 1. The Hall–Kier alpha value is -3.30. The van der Waals surface area contributed by atoms with Gasteiger partial charge in [-0.15, -0.1) is 0 Å². The van der Waals surface area contributed by atoms with Gasteiger partial charge in [-0.2, -0.15) is 28.2 Å². The summed E-state index contributed by atoms with van der Waals surface area (Å²) in [6, 6.07) is 7.18. The number of hydrogen-bond donors (Lipinski definition) is 4. The van der Waals surface area contributed by atoms with Gasteiger partial charge >= 0.3 is 6.18 Å². The maximum absolute atomic E-state index is 12.5. The maximum atomic E-state index is 12.5. The van der Waals surface area contributed by atoms with Crippen LogP contribution in [0.4, 0.5) is 30.6 Å². The highest BCUT2D eigenvalue weighted by Crippen LogP contribution is 2.26. The number of aryl methyl sites for hydroxylation is 1. The van der Waals surface area contributed by atoms with Crippen molar-refractivity contribution < 1.29 is 13.2 Å². The molecule has 0 atom stereocenters. The Balaban J connectivity index is 1.66. The number of nitrogens with one attached hydrogen (secondary N) is 4. The monoisotopic (exact) mass is 361 g/mol. The smallest absolute Gasteiger partial charge is 0.360 e. The Kier molecular flexibility index (Phi) is 3.67. The van der Waals surface area contributed by atoms with Crippen LogP contribution in [0.1, 0.15) is 5.69 Å². The summed E-state index contributed by atoms with van der Waals surface area (Å²) < 4.78 is 37.6. The van der Waals surface area contributed by atoms with Gasteiger partial charge in [0.2, 0.25) is 5.95 Å². The second-order valence-electron chi connectivity index (χ2n) is 5.80. The zero-order chi connectivity index (χ0) is 18.3. The third-order valence-electron chi connectivity index (χ3n) is 3.88. The fourth-order valence-corrected chi connectivity index (χ4v) is 2.68. The molecule has 134 valence electrons. The van der Waals surface area contributed by atoms with E-state index >= 15 is 0 Å². The predicted octanol–water partition coefficient (Wildman–Crippen LogP) is 3.86. The van der Waals surface area contributed by atoms with Gasteiger partial charge < -0.3 is 15.6 Å². The standard InChI is InChI=1S/C16H14F3N7/c1-8-10-3-2-9(6-12(10)26-25-8)22-15-23-13-11(4-5-20-13)14(24-15)21-7-16(17,18)19/h2-6H,7H2,1H3,(H,25,26)(H3,20,21,22,23,24). The summed E-state index contributed by atoms with van der Waals surface area (Å²) in [6.07, 6.45) is -2.74. The number of fused-ring (bicyclic) bond motifs is 2. The van der Waals surface area contributed by atoms with Crippen molar-refractivity contribution in [3.63, 3.8) is 0 Å². The molecule has 4 rings (SSSR count). The topological polar surface area (TPSA) is 94.3 Å². The molecule has 0 aliphatic rings. The summed E-state index contributed by atoms with van der Waals surface area (Å²) in [5.41, 5.74) is 2.84. The molecule has 0 saturated carbocycles. The van der Waals surface area contributed by atoms with Crippen molar-refractivity contribution in [2.24, 2.45) is 0 Å². The molecule has 0 saturated heterocycles. The minimum Gasteiger partial charge on any atom is -0.360 e. The van der Waals surface area contributed by atoms with E-state index in [-0.39, 0.29) is 11.8 Å². The second kappa shape index (κ2) is 5.90. The van der Waals surface area contributed by atoms with Gasteiger partial charge in [0.25, 0.3) is 0 Å². The minimum absolute atomic E-state index is 0.106. The number of halogens is 3. The van der Waals surface area contributed by atoms with Gasteiger partial charge in [-0.3, -0.25) is 5.10 Å². The first-order chi connectivity index (χ1) is 12.4. The fraction of sp³-hybridized carbons (Fsp3) is 0.188. The zero-order valence-corrected chi connectivity index (χ0v) is 13.6. The molecule has 7 nitrogen and oxygen atoms in total. The molecule has 26 heavy (non-hydrogen) atoms. The number of H-pyrrole nitrogens is 2. The third-order valence-corrected chi connectivity index (χ3v) is 3.88. The van der Waals surface area contributed by atoms with Gasteiger partial charge in [-0.25, -0.2) is 0 Å². The minimum atomic E-state index is -4.34. The number of nitrogens with zero attached hydrogens (tertiary/aromatic N) is 3. The normalized spacial score (nSPS) is 12.0. The first-order valence-corrected chi connectivity index (χ1v) is 7.76. The molecule has 10 heteroatoms. The van der Waals surface area contributed by atoms with Crippen molar-refractivity contribution in [3.05, 3.63) is 36.2 Å². The summed E-state index contributed by atoms with van der Waals surface area (Å²) in [4.78, 5) is 11.4. The molecule has 0 radical (unpaired) electrons. The van der Waals surface area contributed by atoms with Crippen LogP contribution < -0.4 is 10.6 Å². The molecule has 4 N–H and O–H groups in total. The van der Waals surface area contributed by atoms with Gasteiger partial charge in [0.15, 0.2) is 0 Å². The highest BCUT2D eigenvalue weighted by atomic mass is 19.4. The molecule has 0 bridgehead atoms. The predicted molar refractivity (Wildman–Crippen MR) is 92.5 cm³/mol. The summed E-state index contributed by atoms with van der Waals surface area (Å²) in [7, 11) is 0. The average molecular weight is 361 g/mol. The lowest BCUT2D eigenvalue weighted by atomic mass is 10.2. The molecule has 0 unspecified atom stereocenters. The van der Waals surface area contributed by atoms with Gasteiger partial charge in [0, 0.05) is 17.3 Å². The first-order valence-electron chi connectivity index (χ1n) is 7.76. The number of aromatic amines is 2. The van der Waals surface area contributed by atoms with Crippen LogP contribution in [0.15, 0.2) is 30.5 Å². The molecule has 0 amide bonds. The molecule has 0 fully saturated rings. The van der Waals surface area contributed by atoms with E-state index in [0.717, 1.165) is 16.6 Å². The lowest BCUT2D eigenvalue weighted by Crippen LogP contribution is -2.22. The molecule has 0 aliphatic heterocycles. The van der Waals surface area contributed by atoms with E-state index in [0.29, 0.717) is 16.7 Å². The van der Waals surface area contributed by atoms with E-state index in [1.807, 2.05) is 25.1 Å². The van der Waals surface area contributed by atoms with Crippen LogP contribution in [0.3, 0.4) is 0 Å². The van der Waals surface area contributed by atoms with Crippen LogP contribution in [-0.2, 0) is 0 Å². The van der Waals surface area contributed by atoms with Crippen molar-refractivity contribution in [2.75, 3.05) is 17.2 Å². The summed E-state index contributed by atoms with van der Waals surface area (Å²) in [6.45, 7) is 0.718. The summed E-state index contributed by atoms with van der Waals surface area (Å²) >= 11 is 0. The Bertz CT molecular complexity index is 1080. The van der Waals surface area contributed by atoms with E-state index in [2.05, 4.69) is 35.8 Å². The lowest BCUT2D eigenvalue weighted by molar-refractivity contribution is -0.115. The maximum Gasteiger partial charge on any atom is 0.405 e. The number of anilines is 3. The molecular weight excluding hydrogens is 347 g/mol. The van der Waals surface area contributed by atoms with E-state index < -0.39 is 12.7 Å². The third kappa shape index (κ3) is 3.13. The number of hydrogen-bond acceptors (Lipinski definition) is 5. The van der Waals surface area contributed by atoms with Crippen molar-refractivity contribution in [1.82, 2.24) is 25.1 Å². The average Bonchev–Trinajstić information content (AvgIpc) is 3.19. The van der Waals surface area contributed by atoms with Crippen molar-refractivity contribution in [2.45, 2.75) is 13.1 Å². The zero-order valence-electron chi connectivity index (χ0n) is 13.6. The van der Waals surface area contributed by atoms with E-state index in [9.17, 15) is 13.2 Å². The molecule has 3 heterocycles. The molecule has 0 aliphatic carbocycles. The van der Waals surface area contributed by atoms with Crippen LogP contribution in [0, 0.1) is 6.92 Å². The molecule has 4 aromatic rings. The van der Waals surface area contributed by atoms with Crippen LogP contribution in [-0.4, -0.2) is 37.9 Å². The van der Waals surface area contributed by atoms with Crippen LogP contribution in [0.2, 0.25) is 0 Å². The van der Waals surface area contributed by atoms with Gasteiger partial charge in [-0.05, 0) is 31.2 Å². The molecular formula is C16H14F3N7. The van der Waals surface area contributed by atoms with Crippen molar-refractivity contribution >= 4 is 39.4 Å². The first kappa shape index (κ1) is 16.2. The van der Waals surface area contributed by atoms with Crippen LogP contribution >= 0.6 is 0 Å². The Morgan fingerprint density at radius 1 is 1.12 bits per heavy atom. The molecule has 3 aromatic heterocycles. The van der Waals surface area contributed by atoms with E-state index in [1.54, 1.807) is 12.3 Å². The Morgan fingerprint density at radius 2 is 1.96 bits per heavy atom. The fourth-order valence-electron chi connectivity index (χ4n) is 2.68. The summed E-state index contributed by atoms with van der Waals surface area (Å²) in [5.74, 6) is 0.287. The highest BCUT2D eigenvalue weighted by molar-refractivity contribution is 5.89. The van der Waals surface area contributed by atoms with Crippen molar-refractivity contribution in [1.29, 1.82) is 0 Å². The van der Waals surface area contributed by atoms with E-state index in [4.69, 9.17) is 0 Å². The van der Waals surface area contributed by atoms with Crippen LogP contribution in [0.5, 0.6) is 0 Å². The lowest BCUT2D eigenvalue weighted by Gasteiger charge is -2.11. The largest absolute Gasteiger partial charge is 0.405 e. The van der Waals surface area contributed by atoms with Gasteiger partial charge in [-0.1, -0.05) is 0 Å². The van der Waals surface area contributed by atoms with Gasteiger partial charge in [0.05, 0.1) is 16.6 Å². The number of rotatable bonds is 4.